The van der Waals surface area contributed by atoms with Gasteiger partial charge in [0.15, 0.2) is 5.76 Å². The second kappa shape index (κ2) is 7.69. The van der Waals surface area contributed by atoms with Gasteiger partial charge < -0.3 is 4.42 Å². The van der Waals surface area contributed by atoms with Gasteiger partial charge in [-0.25, -0.2) is 9.97 Å². The van der Waals surface area contributed by atoms with Crippen molar-refractivity contribution in [3.63, 3.8) is 0 Å². The molecular weight excluding hydrogens is 384 g/mol. The van der Waals surface area contributed by atoms with Crippen LogP contribution >= 0.6 is 23.1 Å². The van der Waals surface area contributed by atoms with Crippen LogP contribution in [-0.2, 0) is 17.6 Å². The smallest absolute Gasteiger partial charge is 0.305 e. The SMILES string of the molecule is Cc1nc(SCC(=O)NNC(=O)c2ccco2)c2c3c(sc2n1)CCCC3. The summed E-state index contributed by atoms with van der Waals surface area (Å²) < 4.78 is 4.98. The lowest BCUT2D eigenvalue weighted by atomic mass is 9.97. The zero-order valence-electron chi connectivity index (χ0n) is 14.7. The number of nitrogens with zero attached hydrogens (tertiary/aromatic N) is 2. The van der Waals surface area contributed by atoms with Crippen LogP contribution in [0.5, 0.6) is 0 Å². The van der Waals surface area contributed by atoms with Crippen molar-refractivity contribution >= 4 is 45.1 Å². The first-order valence-electron chi connectivity index (χ1n) is 8.66. The highest BCUT2D eigenvalue weighted by molar-refractivity contribution is 8.00. The molecule has 0 unspecified atom stereocenters. The lowest BCUT2D eigenvalue weighted by Crippen LogP contribution is -2.42. The number of thiophene rings is 1. The third-order valence-corrected chi connectivity index (χ3v) is 6.45. The number of aromatic nitrogens is 2. The van der Waals surface area contributed by atoms with Crippen molar-refractivity contribution in [1.29, 1.82) is 0 Å². The Kier molecular flexibility index (Phi) is 5.13. The minimum absolute atomic E-state index is 0.140. The molecular formula is C18H18N4O3S2. The number of thioether (sulfide) groups is 1. The zero-order valence-corrected chi connectivity index (χ0v) is 16.3. The average Bonchev–Trinajstić information content (AvgIpc) is 3.31. The van der Waals surface area contributed by atoms with Gasteiger partial charge in [0.2, 0.25) is 5.91 Å². The molecule has 0 aliphatic heterocycles. The fourth-order valence-corrected chi connectivity index (χ4v) is 5.37. The Morgan fingerprint density at radius 2 is 2.11 bits per heavy atom. The minimum atomic E-state index is -0.495. The molecule has 0 bridgehead atoms. The average molecular weight is 403 g/mol. The molecule has 140 valence electrons. The van der Waals surface area contributed by atoms with Gasteiger partial charge in [-0.3, -0.25) is 20.4 Å². The number of nitrogens with one attached hydrogen (secondary N) is 2. The van der Waals surface area contributed by atoms with E-state index in [-0.39, 0.29) is 17.4 Å². The molecule has 0 fully saturated rings. The van der Waals surface area contributed by atoms with Crippen LogP contribution in [0.1, 0.15) is 39.7 Å². The van der Waals surface area contributed by atoms with Crippen molar-refractivity contribution in [1.82, 2.24) is 20.8 Å². The third kappa shape index (κ3) is 3.84. The van der Waals surface area contributed by atoms with E-state index in [0.717, 1.165) is 28.1 Å². The molecule has 3 aromatic heterocycles. The van der Waals surface area contributed by atoms with Crippen molar-refractivity contribution in [2.24, 2.45) is 0 Å². The number of hydrogen-bond donors (Lipinski definition) is 2. The van der Waals surface area contributed by atoms with Gasteiger partial charge in [0.25, 0.3) is 0 Å². The number of aryl methyl sites for hydroxylation is 3. The van der Waals surface area contributed by atoms with Gasteiger partial charge in [-0.1, -0.05) is 11.8 Å². The highest BCUT2D eigenvalue weighted by atomic mass is 32.2. The van der Waals surface area contributed by atoms with Crippen molar-refractivity contribution < 1.29 is 14.0 Å². The normalized spacial score (nSPS) is 13.4. The maximum absolute atomic E-state index is 12.1. The summed E-state index contributed by atoms with van der Waals surface area (Å²) in [6.07, 6.45) is 5.93. The van der Waals surface area contributed by atoms with Gasteiger partial charge in [-0.05, 0) is 50.3 Å². The van der Waals surface area contributed by atoms with Gasteiger partial charge in [-0.15, -0.1) is 11.3 Å². The van der Waals surface area contributed by atoms with Gasteiger partial charge >= 0.3 is 5.91 Å². The summed E-state index contributed by atoms with van der Waals surface area (Å²) in [7, 11) is 0. The summed E-state index contributed by atoms with van der Waals surface area (Å²) in [6, 6.07) is 3.13. The van der Waals surface area contributed by atoms with Crippen LogP contribution in [0.3, 0.4) is 0 Å². The molecule has 1 aliphatic carbocycles. The monoisotopic (exact) mass is 402 g/mol. The van der Waals surface area contributed by atoms with Gasteiger partial charge in [-0.2, -0.15) is 0 Å². The number of amides is 2. The van der Waals surface area contributed by atoms with E-state index in [1.807, 2.05) is 6.92 Å². The molecule has 0 radical (unpaired) electrons. The number of rotatable bonds is 4. The highest BCUT2D eigenvalue weighted by Crippen LogP contribution is 2.39. The van der Waals surface area contributed by atoms with Crippen LogP contribution in [0, 0.1) is 6.92 Å². The predicted molar refractivity (Wildman–Crippen MR) is 104 cm³/mol. The number of carbonyl (C=O) groups is 2. The molecule has 0 atom stereocenters. The standard InChI is InChI=1S/C18H18N4O3S2/c1-10-19-17(15-11-5-2-3-7-13(11)27-18(15)20-10)26-9-14(23)21-22-16(24)12-6-4-8-25-12/h4,6,8H,2-3,5,7,9H2,1H3,(H,21,23)(H,22,24). The molecule has 3 heterocycles. The number of fused-ring (bicyclic) bond motifs is 3. The Balaban J connectivity index is 1.44. The minimum Gasteiger partial charge on any atom is -0.459 e. The molecule has 27 heavy (non-hydrogen) atoms. The molecule has 0 saturated carbocycles. The maximum atomic E-state index is 12.1. The first-order chi connectivity index (χ1) is 13.1. The second-order valence-corrected chi connectivity index (χ2v) is 8.28. The van der Waals surface area contributed by atoms with Crippen LogP contribution in [-0.4, -0.2) is 27.5 Å². The van der Waals surface area contributed by atoms with Gasteiger partial charge in [0.1, 0.15) is 15.7 Å². The Bertz CT molecular complexity index is 998. The van der Waals surface area contributed by atoms with Crippen LogP contribution < -0.4 is 10.9 Å². The number of furan rings is 1. The van der Waals surface area contributed by atoms with E-state index in [0.29, 0.717) is 5.82 Å². The molecule has 9 heteroatoms. The van der Waals surface area contributed by atoms with E-state index in [9.17, 15) is 9.59 Å². The van der Waals surface area contributed by atoms with E-state index in [1.165, 1.54) is 47.4 Å². The quantitative estimate of drug-likeness (QED) is 0.396. The maximum Gasteiger partial charge on any atom is 0.305 e. The second-order valence-electron chi connectivity index (χ2n) is 6.24. The van der Waals surface area contributed by atoms with Crippen molar-refractivity contribution in [3.05, 3.63) is 40.4 Å². The third-order valence-electron chi connectivity index (χ3n) is 4.29. The Morgan fingerprint density at radius 3 is 2.93 bits per heavy atom. The first kappa shape index (κ1) is 18.0. The fourth-order valence-electron chi connectivity index (χ4n) is 3.10. The molecule has 2 amide bonds. The highest BCUT2D eigenvalue weighted by Gasteiger charge is 2.21. The lowest BCUT2D eigenvalue weighted by molar-refractivity contribution is -0.119. The lowest BCUT2D eigenvalue weighted by Gasteiger charge is -2.12. The molecule has 7 nitrogen and oxygen atoms in total. The van der Waals surface area contributed by atoms with Crippen LogP contribution in [0.4, 0.5) is 0 Å². The molecule has 0 spiro atoms. The van der Waals surface area contributed by atoms with Crippen LogP contribution in [0.15, 0.2) is 27.8 Å². The van der Waals surface area contributed by atoms with Crippen molar-refractivity contribution in [2.75, 3.05) is 5.75 Å². The Labute approximate surface area is 163 Å². The van der Waals surface area contributed by atoms with Crippen LogP contribution in [0.25, 0.3) is 10.2 Å². The molecule has 3 aromatic rings. The predicted octanol–water partition coefficient (Wildman–Crippen LogP) is 3.02. The molecule has 4 rings (SSSR count). The van der Waals surface area contributed by atoms with Gasteiger partial charge in [0.05, 0.1) is 12.0 Å². The summed E-state index contributed by atoms with van der Waals surface area (Å²) in [5.41, 5.74) is 6.08. The Hall–Kier alpha value is -2.39. The summed E-state index contributed by atoms with van der Waals surface area (Å²) in [5.74, 6) is 0.185. The number of hydrazine groups is 1. The van der Waals surface area contributed by atoms with E-state index < -0.39 is 5.91 Å². The molecule has 0 aromatic carbocycles. The summed E-state index contributed by atoms with van der Waals surface area (Å²) in [6.45, 7) is 1.87. The van der Waals surface area contributed by atoms with Crippen LogP contribution in [0.2, 0.25) is 0 Å². The van der Waals surface area contributed by atoms with Gasteiger partial charge in [0, 0.05) is 10.3 Å². The van der Waals surface area contributed by atoms with E-state index in [4.69, 9.17) is 4.42 Å². The van der Waals surface area contributed by atoms with Crippen molar-refractivity contribution in [3.8, 4) is 0 Å². The summed E-state index contributed by atoms with van der Waals surface area (Å²) >= 11 is 3.11. The van der Waals surface area contributed by atoms with E-state index in [2.05, 4.69) is 20.8 Å². The molecule has 1 aliphatic rings. The number of carbonyl (C=O) groups excluding carboxylic acids is 2. The topological polar surface area (TPSA) is 97.1 Å². The Morgan fingerprint density at radius 1 is 1.26 bits per heavy atom. The summed E-state index contributed by atoms with van der Waals surface area (Å²) in [4.78, 5) is 35.5. The van der Waals surface area contributed by atoms with Crippen molar-refractivity contribution in [2.45, 2.75) is 37.6 Å². The molecule has 0 saturated heterocycles. The van der Waals surface area contributed by atoms with E-state index in [1.54, 1.807) is 17.4 Å². The molecule has 2 N–H and O–H groups in total. The number of hydrogen-bond acceptors (Lipinski definition) is 7. The largest absolute Gasteiger partial charge is 0.459 e. The fraction of sp³-hybridized carbons (Fsp3) is 0.333. The zero-order chi connectivity index (χ0) is 18.8. The summed E-state index contributed by atoms with van der Waals surface area (Å²) in [5, 5.41) is 1.93. The first-order valence-corrected chi connectivity index (χ1v) is 10.5. The van der Waals surface area contributed by atoms with E-state index >= 15 is 0 Å².